The van der Waals surface area contributed by atoms with Crippen LogP contribution >= 0.6 is 11.6 Å². The lowest BCUT2D eigenvalue weighted by atomic mass is 10.1. The Morgan fingerprint density at radius 3 is 2.61 bits per heavy atom. The van der Waals surface area contributed by atoms with Crippen molar-refractivity contribution in [3.63, 3.8) is 0 Å². The number of carbonyl (C=O) groups is 2. The third-order valence-corrected chi connectivity index (χ3v) is 4.60. The molecule has 2 amide bonds. The van der Waals surface area contributed by atoms with E-state index in [4.69, 9.17) is 16.9 Å². The van der Waals surface area contributed by atoms with Crippen molar-refractivity contribution in [1.82, 2.24) is 25.4 Å². The molecule has 9 heteroatoms. The van der Waals surface area contributed by atoms with Crippen LogP contribution < -0.4 is 10.9 Å². The molecule has 2 N–H and O–H groups in total. The third kappa shape index (κ3) is 3.94. The second kappa shape index (κ2) is 8.06. The van der Waals surface area contributed by atoms with Gasteiger partial charge < -0.3 is 0 Å². The predicted molar refractivity (Wildman–Crippen MR) is 103 cm³/mol. The summed E-state index contributed by atoms with van der Waals surface area (Å²) < 4.78 is 1.60. The minimum absolute atomic E-state index is 0.155. The van der Waals surface area contributed by atoms with Gasteiger partial charge in [-0.15, -0.1) is 0 Å². The van der Waals surface area contributed by atoms with Gasteiger partial charge in [0.15, 0.2) is 5.65 Å². The first-order valence-electron chi connectivity index (χ1n) is 8.49. The molecular formula is C19H17ClN6O2. The zero-order valence-electron chi connectivity index (χ0n) is 15.3. The molecule has 3 rings (SSSR count). The largest absolute Gasteiger partial charge is 0.273 e. The summed E-state index contributed by atoms with van der Waals surface area (Å²) in [4.78, 5) is 28.5. The first kappa shape index (κ1) is 19.3. The van der Waals surface area contributed by atoms with Crippen molar-refractivity contribution >= 4 is 29.1 Å². The average Bonchev–Trinajstić information content (AvgIpc) is 3.09. The maximum absolute atomic E-state index is 12.1. The zero-order chi connectivity index (χ0) is 20.3. The normalized spacial score (nSPS) is 10.5. The van der Waals surface area contributed by atoms with Gasteiger partial charge in [0.2, 0.25) is 5.91 Å². The SMILES string of the molecule is Cc1nc2c(C#N)cnn2c(C)c1CCC(=O)NNC(=O)c1ccc(Cl)cc1. The molecule has 1 aromatic carbocycles. The van der Waals surface area contributed by atoms with E-state index in [0.717, 1.165) is 17.0 Å². The number of hydrogen-bond donors (Lipinski definition) is 2. The monoisotopic (exact) mass is 396 g/mol. The van der Waals surface area contributed by atoms with E-state index in [2.05, 4.69) is 27.0 Å². The van der Waals surface area contributed by atoms with Crippen LogP contribution in [0.4, 0.5) is 0 Å². The van der Waals surface area contributed by atoms with Gasteiger partial charge in [-0.3, -0.25) is 20.4 Å². The van der Waals surface area contributed by atoms with Gasteiger partial charge >= 0.3 is 0 Å². The highest BCUT2D eigenvalue weighted by Gasteiger charge is 2.15. The van der Waals surface area contributed by atoms with Gasteiger partial charge in [-0.05, 0) is 50.1 Å². The number of hydrazine groups is 1. The highest BCUT2D eigenvalue weighted by atomic mass is 35.5. The van der Waals surface area contributed by atoms with Crippen molar-refractivity contribution in [2.75, 3.05) is 0 Å². The molecule has 3 aromatic rings. The van der Waals surface area contributed by atoms with Crippen molar-refractivity contribution < 1.29 is 9.59 Å². The van der Waals surface area contributed by atoms with Crippen molar-refractivity contribution in [2.24, 2.45) is 0 Å². The number of halogens is 1. The van der Waals surface area contributed by atoms with E-state index in [1.54, 1.807) is 28.8 Å². The molecule has 0 saturated heterocycles. The van der Waals surface area contributed by atoms with Gasteiger partial charge in [-0.1, -0.05) is 11.6 Å². The number of nitrogens with one attached hydrogen (secondary N) is 2. The summed E-state index contributed by atoms with van der Waals surface area (Å²) in [5.74, 6) is -0.763. The van der Waals surface area contributed by atoms with Crippen LogP contribution in [-0.4, -0.2) is 26.4 Å². The Morgan fingerprint density at radius 2 is 1.93 bits per heavy atom. The lowest BCUT2D eigenvalue weighted by Gasteiger charge is -2.11. The van der Waals surface area contributed by atoms with E-state index in [-0.39, 0.29) is 12.3 Å². The van der Waals surface area contributed by atoms with E-state index in [1.807, 2.05) is 13.8 Å². The van der Waals surface area contributed by atoms with Gasteiger partial charge in [0.1, 0.15) is 11.6 Å². The number of carbonyl (C=O) groups excluding carboxylic acids is 2. The second-order valence-electron chi connectivity index (χ2n) is 6.18. The van der Waals surface area contributed by atoms with Crippen LogP contribution in [0, 0.1) is 25.2 Å². The Labute approximate surface area is 166 Å². The van der Waals surface area contributed by atoms with Crippen molar-refractivity contribution in [2.45, 2.75) is 26.7 Å². The average molecular weight is 397 g/mol. The van der Waals surface area contributed by atoms with Crippen LogP contribution in [0.2, 0.25) is 5.02 Å². The number of amides is 2. The minimum atomic E-state index is -0.430. The molecule has 0 unspecified atom stereocenters. The van der Waals surface area contributed by atoms with Gasteiger partial charge in [-0.2, -0.15) is 10.4 Å². The van der Waals surface area contributed by atoms with Crippen LogP contribution in [-0.2, 0) is 11.2 Å². The molecule has 142 valence electrons. The molecule has 0 spiro atoms. The molecule has 0 aliphatic carbocycles. The number of fused-ring (bicyclic) bond motifs is 1. The van der Waals surface area contributed by atoms with Crippen LogP contribution in [0.5, 0.6) is 0 Å². The maximum atomic E-state index is 12.1. The van der Waals surface area contributed by atoms with Crippen LogP contribution in [0.1, 0.15) is 39.3 Å². The van der Waals surface area contributed by atoms with E-state index < -0.39 is 5.91 Å². The summed E-state index contributed by atoms with van der Waals surface area (Å²) in [7, 11) is 0. The van der Waals surface area contributed by atoms with Crippen molar-refractivity contribution in [1.29, 1.82) is 5.26 Å². The molecule has 0 saturated carbocycles. The molecule has 0 bridgehead atoms. The maximum Gasteiger partial charge on any atom is 0.269 e. The van der Waals surface area contributed by atoms with E-state index in [1.165, 1.54) is 6.20 Å². The summed E-state index contributed by atoms with van der Waals surface area (Å²) in [6.45, 7) is 3.70. The molecule has 2 aromatic heterocycles. The van der Waals surface area contributed by atoms with Gasteiger partial charge in [0, 0.05) is 28.4 Å². The first-order chi connectivity index (χ1) is 13.4. The molecule has 0 aliphatic rings. The van der Waals surface area contributed by atoms with Gasteiger partial charge in [0.05, 0.1) is 6.20 Å². The lowest BCUT2D eigenvalue weighted by molar-refractivity contribution is -0.121. The number of nitrogens with zero attached hydrogens (tertiary/aromatic N) is 4. The molecule has 28 heavy (non-hydrogen) atoms. The summed E-state index contributed by atoms with van der Waals surface area (Å²) in [6, 6.07) is 8.39. The van der Waals surface area contributed by atoms with Gasteiger partial charge in [0.25, 0.3) is 5.91 Å². The summed E-state index contributed by atoms with van der Waals surface area (Å²) in [5, 5.41) is 13.8. The highest BCUT2D eigenvalue weighted by Crippen LogP contribution is 2.18. The summed E-state index contributed by atoms with van der Waals surface area (Å²) in [5.41, 5.74) is 8.49. The Kier molecular flexibility index (Phi) is 5.57. The number of aryl methyl sites for hydroxylation is 2. The van der Waals surface area contributed by atoms with E-state index >= 15 is 0 Å². The fraction of sp³-hybridized carbons (Fsp3) is 0.211. The molecule has 0 radical (unpaired) electrons. The molecular weight excluding hydrogens is 380 g/mol. The fourth-order valence-corrected chi connectivity index (χ4v) is 2.98. The summed E-state index contributed by atoms with van der Waals surface area (Å²) in [6.07, 6.45) is 2.05. The molecule has 0 atom stereocenters. The molecule has 0 aliphatic heterocycles. The Balaban J connectivity index is 1.62. The second-order valence-corrected chi connectivity index (χ2v) is 6.61. The fourth-order valence-electron chi connectivity index (χ4n) is 2.85. The van der Waals surface area contributed by atoms with E-state index in [9.17, 15) is 9.59 Å². The van der Waals surface area contributed by atoms with E-state index in [0.29, 0.717) is 28.2 Å². The quantitative estimate of drug-likeness (QED) is 0.657. The topological polar surface area (TPSA) is 112 Å². The number of rotatable bonds is 4. The standard InChI is InChI=1S/C19H17ClN6O2/c1-11-16(12(2)26-18(23-11)14(9-21)10-22-26)7-8-17(27)24-25-19(28)13-3-5-15(20)6-4-13/h3-6,10H,7-8H2,1-2H3,(H,24,27)(H,25,28). The van der Waals surface area contributed by atoms with Crippen LogP contribution in [0.3, 0.4) is 0 Å². The first-order valence-corrected chi connectivity index (χ1v) is 8.87. The minimum Gasteiger partial charge on any atom is -0.273 e. The highest BCUT2D eigenvalue weighted by molar-refractivity contribution is 6.30. The van der Waals surface area contributed by atoms with Crippen LogP contribution in [0.25, 0.3) is 5.65 Å². The Hall–Kier alpha value is -3.44. The molecule has 8 nitrogen and oxygen atoms in total. The number of aromatic nitrogens is 3. The molecule has 2 heterocycles. The third-order valence-electron chi connectivity index (χ3n) is 4.35. The predicted octanol–water partition coefficient (Wildman–Crippen LogP) is 2.27. The van der Waals surface area contributed by atoms with Gasteiger partial charge in [-0.25, -0.2) is 9.50 Å². The van der Waals surface area contributed by atoms with Crippen molar-refractivity contribution in [3.05, 3.63) is 63.6 Å². The Morgan fingerprint density at radius 1 is 1.21 bits per heavy atom. The number of nitriles is 1. The smallest absolute Gasteiger partial charge is 0.269 e. The number of benzene rings is 1. The lowest BCUT2D eigenvalue weighted by Crippen LogP contribution is -2.41. The number of hydrogen-bond acceptors (Lipinski definition) is 5. The Bertz CT molecular complexity index is 1100. The zero-order valence-corrected chi connectivity index (χ0v) is 16.0. The summed E-state index contributed by atoms with van der Waals surface area (Å²) >= 11 is 5.79. The van der Waals surface area contributed by atoms with Crippen LogP contribution in [0.15, 0.2) is 30.5 Å². The van der Waals surface area contributed by atoms with Crippen molar-refractivity contribution in [3.8, 4) is 6.07 Å². The molecule has 0 fully saturated rings.